The molecule has 0 unspecified atom stereocenters. The van der Waals surface area contributed by atoms with Crippen molar-refractivity contribution in [1.82, 2.24) is 5.32 Å². The van der Waals surface area contributed by atoms with Gasteiger partial charge in [-0.05, 0) is 43.5 Å². The zero-order chi connectivity index (χ0) is 12.1. The van der Waals surface area contributed by atoms with Gasteiger partial charge in [-0.2, -0.15) is 13.2 Å². The Morgan fingerprint density at radius 1 is 1.29 bits per heavy atom. The minimum atomic E-state index is -4.23. The number of benzene rings is 1. The average molecular weight is 241 g/mol. The normalized spacial score (nSPS) is 32.1. The van der Waals surface area contributed by atoms with Crippen LogP contribution in [0.4, 0.5) is 13.2 Å². The number of hydrogen-bond acceptors (Lipinski definition) is 1. The second-order valence-corrected chi connectivity index (χ2v) is 5.09. The van der Waals surface area contributed by atoms with Gasteiger partial charge in [0.15, 0.2) is 0 Å². The van der Waals surface area contributed by atoms with Crippen molar-refractivity contribution in [2.45, 2.75) is 24.4 Å². The number of halogens is 3. The highest BCUT2D eigenvalue weighted by Crippen LogP contribution is 2.58. The molecule has 1 aromatic carbocycles. The summed E-state index contributed by atoms with van der Waals surface area (Å²) < 4.78 is 38.0. The molecule has 17 heavy (non-hydrogen) atoms. The molecule has 2 aliphatic rings. The van der Waals surface area contributed by atoms with Gasteiger partial charge in [-0.1, -0.05) is 18.2 Å². The molecule has 0 radical (unpaired) electrons. The summed E-state index contributed by atoms with van der Waals surface area (Å²) >= 11 is 0. The van der Waals surface area contributed by atoms with Crippen molar-refractivity contribution in [2.24, 2.45) is 5.92 Å². The van der Waals surface area contributed by atoms with E-state index in [1.165, 1.54) is 12.1 Å². The van der Waals surface area contributed by atoms with Crippen LogP contribution in [0, 0.1) is 5.92 Å². The van der Waals surface area contributed by atoms with Crippen molar-refractivity contribution < 1.29 is 13.2 Å². The lowest BCUT2D eigenvalue weighted by Gasteiger charge is -2.24. The first-order valence-corrected chi connectivity index (χ1v) is 5.91. The summed E-state index contributed by atoms with van der Waals surface area (Å²) in [6.45, 7) is 1.85. The molecule has 1 saturated heterocycles. The molecule has 1 aliphatic carbocycles. The third kappa shape index (κ3) is 1.75. The van der Waals surface area contributed by atoms with Crippen molar-refractivity contribution in [3.05, 3.63) is 35.4 Å². The standard InChI is InChI=1S/C13H14F3N/c14-13(15,16)10-3-1-2-9(6-10)12-4-5-17-8-11(12)7-12/h1-3,6,11,17H,4-5,7-8H2/t11-,12-/m0/s1. The first kappa shape index (κ1) is 11.1. The summed E-state index contributed by atoms with van der Waals surface area (Å²) in [7, 11) is 0. The van der Waals surface area contributed by atoms with E-state index in [0.29, 0.717) is 5.92 Å². The molecular weight excluding hydrogens is 227 g/mol. The first-order valence-electron chi connectivity index (χ1n) is 5.91. The van der Waals surface area contributed by atoms with E-state index < -0.39 is 11.7 Å². The second-order valence-electron chi connectivity index (χ2n) is 5.09. The molecular formula is C13H14F3N. The van der Waals surface area contributed by atoms with Gasteiger partial charge < -0.3 is 5.32 Å². The van der Waals surface area contributed by atoms with E-state index in [1.54, 1.807) is 0 Å². The molecule has 1 saturated carbocycles. The minimum Gasteiger partial charge on any atom is -0.316 e. The topological polar surface area (TPSA) is 12.0 Å². The maximum absolute atomic E-state index is 12.7. The molecule has 92 valence electrons. The summed E-state index contributed by atoms with van der Waals surface area (Å²) in [5, 5.41) is 3.29. The predicted octanol–water partition coefficient (Wildman–Crippen LogP) is 2.96. The molecule has 4 heteroatoms. The van der Waals surface area contributed by atoms with Crippen LogP contribution in [-0.4, -0.2) is 13.1 Å². The van der Waals surface area contributed by atoms with Gasteiger partial charge >= 0.3 is 6.18 Å². The quantitative estimate of drug-likeness (QED) is 0.797. The smallest absolute Gasteiger partial charge is 0.316 e. The largest absolute Gasteiger partial charge is 0.416 e. The Labute approximate surface area is 98.0 Å². The van der Waals surface area contributed by atoms with Crippen LogP contribution in [0.15, 0.2) is 24.3 Å². The maximum Gasteiger partial charge on any atom is 0.416 e. The second kappa shape index (κ2) is 3.48. The number of alkyl halides is 3. The lowest BCUT2D eigenvalue weighted by Crippen LogP contribution is -2.31. The minimum absolute atomic E-state index is 0.0342. The number of rotatable bonds is 1. The SMILES string of the molecule is FC(F)(F)c1cccc([C@@]23CCNC[C@@H]2C3)c1. The van der Waals surface area contributed by atoms with E-state index >= 15 is 0 Å². The van der Waals surface area contributed by atoms with Crippen molar-refractivity contribution >= 4 is 0 Å². The Bertz CT molecular complexity index is 441. The van der Waals surface area contributed by atoms with Gasteiger partial charge in [0.1, 0.15) is 0 Å². The van der Waals surface area contributed by atoms with E-state index in [9.17, 15) is 13.2 Å². The zero-order valence-corrected chi connectivity index (χ0v) is 9.35. The molecule has 0 bridgehead atoms. The Morgan fingerprint density at radius 3 is 2.82 bits per heavy atom. The fraction of sp³-hybridized carbons (Fsp3) is 0.538. The van der Waals surface area contributed by atoms with Crippen molar-refractivity contribution in [3.8, 4) is 0 Å². The first-order chi connectivity index (χ1) is 8.02. The Kier molecular flexibility index (Phi) is 2.27. The fourth-order valence-electron chi connectivity index (χ4n) is 3.05. The maximum atomic E-state index is 12.7. The van der Waals surface area contributed by atoms with Crippen molar-refractivity contribution in [1.29, 1.82) is 0 Å². The van der Waals surface area contributed by atoms with Crippen LogP contribution in [0.3, 0.4) is 0 Å². The molecule has 2 fully saturated rings. The highest BCUT2D eigenvalue weighted by molar-refractivity contribution is 5.38. The summed E-state index contributed by atoms with van der Waals surface area (Å²) in [5.74, 6) is 0.528. The lowest BCUT2D eigenvalue weighted by atomic mass is 9.87. The van der Waals surface area contributed by atoms with Crippen LogP contribution < -0.4 is 5.32 Å². The number of fused-ring (bicyclic) bond motifs is 1. The number of piperidine rings is 1. The molecule has 1 nitrogen and oxygen atoms in total. The number of hydrogen-bond donors (Lipinski definition) is 1. The Morgan fingerprint density at radius 2 is 2.12 bits per heavy atom. The van der Waals surface area contributed by atoms with Gasteiger partial charge in [-0.25, -0.2) is 0 Å². The van der Waals surface area contributed by atoms with Gasteiger partial charge in [0.2, 0.25) is 0 Å². The van der Waals surface area contributed by atoms with E-state index in [0.717, 1.165) is 37.6 Å². The highest BCUT2D eigenvalue weighted by atomic mass is 19.4. The van der Waals surface area contributed by atoms with Crippen LogP contribution in [-0.2, 0) is 11.6 Å². The third-order valence-corrected chi connectivity index (χ3v) is 4.14. The van der Waals surface area contributed by atoms with Gasteiger partial charge in [0.25, 0.3) is 0 Å². The van der Waals surface area contributed by atoms with E-state index in [-0.39, 0.29) is 5.41 Å². The molecule has 1 aromatic rings. The van der Waals surface area contributed by atoms with E-state index in [1.807, 2.05) is 6.07 Å². The lowest BCUT2D eigenvalue weighted by molar-refractivity contribution is -0.137. The average Bonchev–Trinajstić information content (AvgIpc) is 3.04. The molecule has 1 aliphatic heterocycles. The van der Waals surface area contributed by atoms with Gasteiger partial charge in [-0.15, -0.1) is 0 Å². The van der Waals surface area contributed by atoms with Crippen LogP contribution in [0.2, 0.25) is 0 Å². The fourth-order valence-corrected chi connectivity index (χ4v) is 3.05. The van der Waals surface area contributed by atoms with Gasteiger partial charge in [0, 0.05) is 5.41 Å². The van der Waals surface area contributed by atoms with Crippen LogP contribution in [0.5, 0.6) is 0 Å². The van der Waals surface area contributed by atoms with Crippen molar-refractivity contribution in [2.75, 3.05) is 13.1 Å². The molecule has 3 rings (SSSR count). The molecule has 0 spiro atoms. The predicted molar refractivity (Wildman–Crippen MR) is 58.7 cm³/mol. The summed E-state index contributed by atoms with van der Waals surface area (Å²) in [6, 6.07) is 5.87. The van der Waals surface area contributed by atoms with Crippen LogP contribution in [0.1, 0.15) is 24.0 Å². The molecule has 1 N–H and O–H groups in total. The zero-order valence-electron chi connectivity index (χ0n) is 9.35. The monoisotopic (exact) mass is 241 g/mol. The van der Waals surface area contributed by atoms with E-state index in [2.05, 4.69) is 5.32 Å². The molecule has 0 aromatic heterocycles. The van der Waals surface area contributed by atoms with Gasteiger partial charge in [-0.3, -0.25) is 0 Å². The van der Waals surface area contributed by atoms with Crippen molar-refractivity contribution in [3.63, 3.8) is 0 Å². The van der Waals surface area contributed by atoms with Crippen LogP contribution in [0.25, 0.3) is 0 Å². The Balaban J connectivity index is 1.94. The highest BCUT2D eigenvalue weighted by Gasteiger charge is 2.56. The molecule has 0 amide bonds. The summed E-state index contributed by atoms with van der Waals surface area (Å²) in [6.07, 6.45) is -2.25. The molecule has 2 atom stereocenters. The number of nitrogens with one attached hydrogen (secondary N) is 1. The molecule has 1 heterocycles. The van der Waals surface area contributed by atoms with E-state index in [4.69, 9.17) is 0 Å². The Hall–Kier alpha value is -1.03. The van der Waals surface area contributed by atoms with Crippen LogP contribution >= 0.6 is 0 Å². The third-order valence-electron chi connectivity index (χ3n) is 4.14. The summed E-state index contributed by atoms with van der Waals surface area (Å²) in [5.41, 5.74) is 0.388. The summed E-state index contributed by atoms with van der Waals surface area (Å²) in [4.78, 5) is 0. The van der Waals surface area contributed by atoms with Gasteiger partial charge in [0.05, 0.1) is 5.56 Å².